The zero-order valence-corrected chi connectivity index (χ0v) is 8.18. The fourth-order valence-electron chi connectivity index (χ4n) is 1.67. The van der Waals surface area contributed by atoms with Crippen LogP contribution < -0.4 is 10.6 Å². The Morgan fingerprint density at radius 1 is 1.57 bits per heavy atom. The second-order valence-electron chi connectivity index (χ2n) is 3.52. The van der Waals surface area contributed by atoms with Crippen molar-refractivity contribution in [3.8, 4) is 6.07 Å². The highest BCUT2D eigenvalue weighted by atomic mass is 16.2. The van der Waals surface area contributed by atoms with Gasteiger partial charge in [-0.15, -0.1) is 6.58 Å². The zero-order valence-electron chi connectivity index (χ0n) is 8.18. The van der Waals surface area contributed by atoms with Gasteiger partial charge in [0.15, 0.2) is 0 Å². The lowest BCUT2D eigenvalue weighted by atomic mass is 10.0. The smallest absolute Gasteiger partial charge is 0.316 e. The number of urea groups is 1. The number of nitrogens with zero attached hydrogens (tertiary/aromatic N) is 1. The number of rotatable bonds is 3. The standard InChI is InChI=1S/C10H15N3O/c1-2-7-12-9(14)13-10(8-11)5-3-4-6-10/h2H,1,3-7H2,(H2,12,13,14). The van der Waals surface area contributed by atoms with E-state index in [9.17, 15) is 4.79 Å². The minimum absolute atomic E-state index is 0.284. The number of hydrogen-bond acceptors (Lipinski definition) is 2. The van der Waals surface area contributed by atoms with Gasteiger partial charge in [-0.3, -0.25) is 0 Å². The summed E-state index contributed by atoms with van der Waals surface area (Å²) < 4.78 is 0. The van der Waals surface area contributed by atoms with Crippen molar-refractivity contribution in [1.82, 2.24) is 10.6 Å². The van der Waals surface area contributed by atoms with E-state index in [1.807, 2.05) is 0 Å². The van der Waals surface area contributed by atoms with Crippen molar-refractivity contribution >= 4 is 6.03 Å². The molecular formula is C10H15N3O. The zero-order chi connectivity index (χ0) is 10.4. The predicted octanol–water partition coefficient (Wildman–Crippen LogP) is 1.31. The van der Waals surface area contributed by atoms with E-state index in [2.05, 4.69) is 23.3 Å². The molecule has 1 rings (SSSR count). The highest BCUT2D eigenvalue weighted by Gasteiger charge is 2.35. The van der Waals surface area contributed by atoms with Crippen LogP contribution in [0, 0.1) is 11.3 Å². The molecule has 0 aliphatic heterocycles. The van der Waals surface area contributed by atoms with Crippen molar-refractivity contribution in [2.75, 3.05) is 6.54 Å². The maximum atomic E-state index is 11.3. The summed E-state index contributed by atoms with van der Waals surface area (Å²) in [4.78, 5) is 11.3. The van der Waals surface area contributed by atoms with Crippen LogP contribution in [-0.4, -0.2) is 18.1 Å². The fourth-order valence-corrected chi connectivity index (χ4v) is 1.67. The van der Waals surface area contributed by atoms with E-state index in [0.717, 1.165) is 25.7 Å². The summed E-state index contributed by atoms with van der Waals surface area (Å²) in [5.41, 5.74) is -0.634. The van der Waals surface area contributed by atoms with Crippen LogP contribution in [-0.2, 0) is 0 Å². The van der Waals surface area contributed by atoms with Crippen LogP contribution in [0.5, 0.6) is 0 Å². The van der Waals surface area contributed by atoms with Crippen molar-refractivity contribution in [2.24, 2.45) is 0 Å². The number of nitrogens with one attached hydrogen (secondary N) is 2. The molecule has 0 aromatic rings. The molecule has 1 saturated carbocycles. The first-order valence-corrected chi connectivity index (χ1v) is 4.80. The lowest BCUT2D eigenvalue weighted by Crippen LogP contribution is -2.49. The van der Waals surface area contributed by atoms with Crippen LogP contribution >= 0.6 is 0 Å². The van der Waals surface area contributed by atoms with Crippen LogP contribution in [0.25, 0.3) is 0 Å². The molecule has 0 spiro atoms. The van der Waals surface area contributed by atoms with Crippen LogP contribution in [0.15, 0.2) is 12.7 Å². The van der Waals surface area contributed by atoms with Crippen molar-refractivity contribution in [1.29, 1.82) is 5.26 Å². The SMILES string of the molecule is C=CCNC(=O)NC1(C#N)CCCC1. The molecule has 2 amide bonds. The molecule has 0 aromatic carbocycles. The largest absolute Gasteiger partial charge is 0.335 e. The van der Waals surface area contributed by atoms with Crippen LogP contribution in [0.2, 0.25) is 0 Å². The van der Waals surface area contributed by atoms with Gasteiger partial charge in [-0.05, 0) is 25.7 Å². The lowest BCUT2D eigenvalue weighted by molar-refractivity contribution is 0.233. The Balaban J connectivity index is 2.45. The molecule has 0 atom stereocenters. The minimum Gasteiger partial charge on any atom is -0.335 e. The molecule has 14 heavy (non-hydrogen) atoms. The summed E-state index contributed by atoms with van der Waals surface area (Å²) in [6, 6.07) is 1.90. The highest BCUT2D eigenvalue weighted by Crippen LogP contribution is 2.28. The third kappa shape index (κ3) is 2.49. The summed E-state index contributed by atoms with van der Waals surface area (Å²) in [5.74, 6) is 0. The van der Waals surface area contributed by atoms with Crippen LogP contribution in [0.4, 0.5) is 4.79 Å². The highest BCUT2D eigenvalue weighted by molar-refractivity contribution is 5.75. The van der Waals surface area contributed by atoms with E-state index in [0.29, 0.717) is 6.54 Å². The number of nitriles is 1. The van der Waals surface area contributed by atoms with Crippen molar-refractivity contribution in [3.05, 3.63) is 12.7 Å². The molecule has 0 radical (unpaired) electrons. The van der Waals surface area contributed by atoms with Crippen LogP contribution in [0.1, 0.15) is 25.7 Å². The normalized spacial score (nSPS) is 18.2. The molecule has 0 heterocycles. The average Bonchev–Trinajstić information content (AvgIpc) is 2.64. The molecule has 0 unspecified atom stereocenters. The van der Waals surface area contributed by atoms with Gasteiger partial charge in [-0.25, -0.2) is 4.79 Å². The molecule has 2 N–H and O–H groups in total. The average molecular weight is 193 g/mol. The van der Waals surface area contributed by atoms with E-state index in [-0.39, 0.29) is 6.03 Å². The molecule has 1 aliphatic carbocycles. The molecule has 4 nitrogen and oxygen atoms in total. The lowest BCUT2D eigenvalue weighted by Gasteiger charge is -2.21. The number of amides is 2. The van der Waals surface area contributed by atoms with E-state index >= 15 is 0 Å². The third-order valence-corrected chi connectivity index (χ3v) is 2.43. The van der Waals surface area contributed by atoms with E-state index < -0.39 is 5.54 Å². The van der Waals surface area contributed by atoms with Gasteiger partial charge in [-0.1, -0.05) is 6.08 Å². The van der Waals surface area contributed by atoms with Gasteiger partial charge < -0.3 is 10.6 Å². The maximum Gasteiger partial charge on any atom is 0.316 e. The van der Waals surface area contributed by atoms with Gasteiger partial charge in [0.25, 0.3) is 0 Å². The topological polar surface area (TPSA) is 64.9 Å². The second kappa shape index (κ2) is 4.66. The molecule has 1 fully saturated rings. The molecular weight excluding hydrogens is 178 g/mol. The number of hydrogen-bond donors (Lipinski definition) is 2. The first-order chi connectivity index (χ1) is 6.72. The van der Waals surface area contributed by atoms with Gasteiger partial charge in [-0.2, -0.15) is 5.26 Å². The Hall–Kier alpha value is -1.50. The monoisotopic (exact) mass is 193 g/mol. The van der Waals surface area contributed by atoms with E-state index in [1.54, 1.807) is 6.08 Å². The van der Waals surface area contributed by atoms with Gasteiger partial charge in [0, 0.05) is 6.54 Å². The summed E-state index contributed by atoms with van der Waals surface area (Å²) in [6.07, 6.45) is 5.13. The van der Waals surface area contributed by atoms with Crippen molar-refractivity contribution < 1.29 is 4.79 Å². The minimum atomic E-state index is -0.634. The molecule has 0 saturated heterocycles. The fraction of sp³-hybridized carbons (Fsp3) is 0.600. The van der Waals surface area contributed by atoms with Crippen LogP contribution in [0.3, 0.4) is 0 Å². The number of carbonyl (C=O) groups is 1. The summed E-state index contributed by atoms with van der Waals surface area (Å²) in [5, 5.41) is 14.3. The quantitative estimate of drug-likeness (QED) is 0.664. The number of carbonyl (C=O) groups excluding carboxylic acids is 1. The van der Waals surface area contributed by atoms with Crippen molar-refractivity contribution in [2.45, 2.75) is 31.2 Å². The van der Waals surface area contributed by atoms with Gasteiger partial charge in [0.2, 0.25) is 0 Å². The Labute approximate surface area is 84.0 Å². The first kappa shape index (κ1) is 10.6. The molecule has 4 heteroatoms. The van der Waals surface area contributed by atoms with Crippen molar-refractivity contribution in [3.63, 3.8) is 0 Å². The second-order valence-corrected chi connectivity index (χ2v) is 3.52. The Morgan fingerprint density at radius 3 is 2.71 bits per heavy atom. The summed E-state index contributed by atoms with van der Waals surface area (Å²) in [7, 11) is 0. The summed E-state index contributed by atoms with van der Waals surface area (Å²) >= 11 is 0. The first-order valence-electron chi connectivity index (χ1n) is 4.80. The Kier molecular flexibility index (Phi) is 3.52. The Bertz CT molecular complexity index is 261. The van der Waals surface area contributed by atoms with Gasteiger partial charge in [0.1, 0.15) is 5.54 Å². The predicted molar refractivity (Wildman–Crippen MR) is 53.5 cm³/mol. The van der Waals surface area contributed by atoms with E-state index in [1.165, 1.54) is 0 Å². The van der Waals surface area contributed by atoms with Gasteiger partial charge >= 0.3 is 6.03 Å². The Morgan fingerprint density at radius 2 is 2.21 bits per heavy atom. The van der Waals surface area contributed by atoms with Gasteiger partial charge in [0.05, 0.1) is 6.07 Å². The molecule has 1 aliphatic rings. The van der Waals surface area contributed by atoms with E-state index in [4.69, 9.17) is 5.26 Å². The maximum absolute atomic E-state index is 11.3. The summed E-state index contributed by atoms with van der Waals surface area (Å²) in [6.45, 7) is 3.92. The third-order valence-electron chi connectivity index (χ3n) is 2.43. The molecule has 76 valence electrons. The molecule has 0 bridgehead atoms. The molecule has 0 aromatic heterocycles.